The van der Waals surface area contributed by atoms with Crippen LogP contribution in [0.15, 0.2) is 35.5 Å². The van der Waals surface area contributed by atoms with Crippen LogP contribution in [-0.4, -0.2) is 35.1 Å². The quantitative estimate of drug-likeness (QED) is 0.686. The first-order chi connectivity index (χ1) is 12.4. The monoisotopic (exact) mass is 373 g/mol. The summed E-state index contributed by atoms with van der Waals surface area (Å²) in [4.78, 5) is 4.95. The molecule has 1 aliphatic carbocycles. The van der Waals surface area contributed by atoms with Crippen LogP contribution in [0.1, 0.15) is 55.8 Å². The molecule has 1 aliphatic heterocycles. The second kappa shape index (κ2) is 8.15. The highest BCUT2D eigenvalue weighted by molar-refractivity contribution is 8.14. The summed E-state index contributed by atoms with van der Waals surface area (Å²) in [6.45, 7) is 9.26. The van der Waals surface area contributed by atoms with Gasteiger partial charge in [0, 0.05) is 24.4 Å². The zero-order chi connectivity index (χ0) is 18.7. The van der Waals surface area contributed by atoms with Gasteiger partial charge in [-0.1, -0.05) is 38.6 Å². The average molecular weight is 374 g/mol. The average Bonchev–Trinajstić information content (AvgIpc) is 3.09. The predicted molar refractivity (Wildman–Crippen MR) is 112 cm³/mol. The summed E-state index contributed by atoms with van der Waals surface area (Å²) in [5, 5.41) is 13.4. The second-order valence-corrected chi connectivity index (χ2v) is 9.09. The molecule has 1 heterocycles. The van der Waals surface area contributed by atoms with Crippen molar-refractivity contribution in [2.75, 3.05) is 18.9 Å². The molecule has 0 bridgehead atoms. The van der Waals surface area contributed by atoms with Crippen LogP contribution in [0.3, 0.4) is 0 Å². The number of hydrogen-bond acceptors (Lipinski definition) is 5. The molecule has 0 fully saturated rings. The van der Waals surface area contributed by atoms with Gasteiger partial charge in [0.25, 0.3) is 0 Å². The number of aryl methyl sites for hydroxylation is 1. The summed E-state index contributed by atoms with van der Waals surface area (Å²) in [5.74, 6) is 1.02. The summed E-state index contributed by atoms with van der Waals surface area (Å²) in [6.07, 6.45) is 4.63. The fraction of sp³-hybridized carbons (Fsp3) is 0.571. The summed E-state index contributed by atoms with van der Waals surface area (Å²) in [7, 11) is 0. The second-order valence-electron chi connectivity index (χ2n) is 7.99. The third kappa shape index (κ3) is 4.33. The Bertz CT molecular complexity index is 698. The van der Waals surface area contributed by atoms with E-state index in [1.807, 2.05) is 11.8 Å². The minimum Gasteiger partial charge on any atom is -0.394 e. The number of nitrogens with one attached hydrogen (secondary N) is 1. The van der Waals surface area contributed by atoms with E-state index in [0.717, 1.165) is 18.7 Å². The zero-order valence-electron chi connectivity index (χ0n) is 15.9. The van der Waals surface area contributed by atoms with E-state index >= 15 is 0 Å². The van der Waals surface area contributed by atoms with Crippen LogP contribution in [0.5, 0.6) is 0 Å². The number of nitrogens with two attached hydrogens (primary N) is 1. The highest BCUT2D eigenvalue weighted by atomic mass is 32.2. The van der Waals surface area contributed by atoms with Crippen LogP contribution in [0.25, 0.3) is 0 Å². The van der Waals surface area contributed by atoms with E-state index in [-0.39, 0.29) is 18.1 Å². The Labute approximate surface area is 161 Å². The van der Waals surface area contributed by atoms with Crippen molar-refractivity contribution in [3.05, 3.63) is 47.2 Å². The van der Waals surface area contributed by atoms with Gasteiger partial charge in [0.05, 0.1) is 23.7 Å². The number of aliphatic imine (C=N–C) groups is 1. The molecule has 1 unspecified atom stereocenters. The molecule has 0 spiro atoms. The smallest absolute Gasteiger partial charge is 0.0852 e. The maximum atomic E-state index is 9.04. The molecule has 4 nitrogen and oxygen atoms in total. The van der Waals surface area contributed by atoms with Gasteiger partial charge in [-0.15, -0.1) is 11.8 Å². The van der Waals surface area contributed by atoms with E-state index in [1.165, 1.54) is 41.0 Å². The van der Waals surface area contributed by atoms with E-state index in [4.69, 9.17) is 15.8 Å². The first-order valence-electron chi connectivity index (χ1n) is 9.52. The Kier molecular flexibility index (Phi) is 6.10. The molecule has 0 aromatic heterocycles. The molecule has 26 heavy (non-hydrogen) atoms. The van der Waals surface area contributed by atoms with Gasteiger partial charge >= 0.3 is 0 Å². The van der Waals surface area contributed by atoms with Gasteiger partial charge in [-0.05, 0) is 41.4 Å². The molecular weight excluding hydrogens is 342 g/mol. The molecule has 2 atom stereocenters. The lowest BCUT2D eigenvalue weighted by molar-refractivity contribution is 0.276. The lowest BCUT2D eigenvalue weighted by Gasteiger charge is -2.33. The molecular formula is C21H31N3OS. The van der Waals surface area contributed by atoms with Crippen molar-refractivity contribution >= 4 is 16.8 Å². The molecule has 142 valence electrons. The number of aliphatic hydroxyl groups is 1. The van der Waals surface area contributed by atoms with Crippen LogP contribution < -0.4 is 11.1 Å². The largest absolute Gasteiger partial charge is 0.394 e. The third-order valence-electron chi connectivity index (χ3n) is 5.54. The van der Waals surface area contributed by atoms with Gasteiger partial charge in [0.15, 0.2) is 0 Å². The minimum atomic E-state index is -0.403. The molecule has 1 aromatic rings. The summed E-state index contributed by atoms with van der Waals surface area (Å²) in [6, 6.07) is 6.87. The van der Waals surface area contributed by atoms with E-state index < -0.39 is 6.04 Å². The van der Waals surface area contributed by atoms with Crippen LogP contribution in [0.2, 0.25) is 0 Å². The summed E-state index contributed by atoms with van der Waals surface area (Å²) in [5.41, 5.74) is 11.1. The van der Waals surface area contributed by atoms with Crippen molar-refractivity contribution in [3.8, 4) is 0 Å². The number of hydrogen-bond donors (Lipinski definition) is 3. The number of benzene rings is 1. The third-order valence-corrected chi connectivity index (χ3v) is 6.66. The van der Waals surface area contributed by atoms with Crippen LogP contribution in [-0.2, 0) is 11.8 Å². The number of nitrogens with zero attached hydrogens (tertiary/aromatic N) is 1. The molecule has 2 aliphatic rings. The summed E-state index contributed by atoms with van der Waals surface area (Å²) < 4.78 is 0. The van der Waals surface area contributed by atoms with Crippen LogP contribution in [0, 0.1) is 0 Å². The molecule has 5 heteroatoms. The van der Waals surface area contributed by atoms with Crippen molar-refractivity contribution in [1.82, 2.24) is 5.32 Å². The molecule has 0 radical (unpaired) electrons. The maximum absolute atomic E-state index is 9.04. The van der Waals surface area contributed by atoms with E-state index in [1.54, 1.807) is 0 Å². The minimum absolute atomic E-state index is 0.0850. The molecule has 1 aromatic carbocycles. The topological polar surface area (TPSA) is 70.6 Å². The molecule has 0 amide bonds. The predicted octanol–water partition coefficient (Wildman–Crippen LogP) is 3.30. The molecule has 0 saturated heterocycles. The molecule has 0 saturated carbocycles. The first-order valence-corrected chi connectivity index (χ1v) is 10.5. The van der Waals surface area contributed by atoms with Crippen molar-refractivity contribution in [2.45, 2.75) is 57.0 Å². The lowest BCUT2D eigenvalue weighted by Crippen LogP contribution is -2.34. The SMILES string of the molecule is C=C(NCCC1=NC(c2ccc3c(c2)C(C)(C)CCC3)CS1)[C@@H](N)CO. The van der Waals surface area contributed by atoms with E-state index in [9.17, 15) is 0 Å². The lowest BCUT2D eigenvalue weighted by atomic mass is 9.72. The number of rotatable bonds is 7. The highest BCUT2D eigenvalue weighted by Gasteiger charge is 2.29. The number of aliphatic hydroxyl groups excluding tert-OH is 1. The van der Waals surface area contributed by atoms with Gasteiger partial charge in [-0.3, -0.25) is 4.99 Å². The molecule has 4 N–H and O–H groups in total. The highest BCUT2D eigenvalue weighted by Crippen LogP contribution is 2.39. The Balaban J connectivity index is 1.62. The van der Waals surface area contributed by atoms with Gasteiger partial charge in [-0.2, -0.15) is 0 Å². The van der Waals surface area contributed by atoms with Gasteiger partial charge in [0.1, 0.15) is 0 Å². The van der Waals surface area contributed by atoms with Gasteiger partial charge in [-0.25, -0.2) is 0 Å². The Morgan fingerprint density at radius 3 is 3.08 bits per heavy atom. The Morgan fingerprint density at radius 1 is 1.50 bits per heavy atom. The standard InChI is InChI=1S/C21H31N3OS/c1-14(18(22)12-25)23-10-8-20-24-19(13-26-20)16-7-6-15-5-4-9-21(2,3)17(15)11-16/h6-7,11,18-19,23,25H,1,4-5,8-10,12-13,22H2,2-3H3/t18-,19?/m0/s1. The van der Waals surface area contributed by atoms with Crippen molar-refractivity contribution in [3.63, 3.8) is 0 Å². The zero-order valence-corrected chi connectivity index (χ0v) is 16.7. The molecule has 3 rings (SSSR count). The normalized spacial score (nSPS) is 22.5. The van der Waals surface area contributed by atoms with Gasteiger partial charge in [0.2, 0.25) is 0 Å². The van der Waals surface area contributed by atoms with Crippen LogP contribution >= 0.6 is 11.8 Å². The van der Waals surface area contributed by atoms with Crippen molar-refractivity contribution in [1.29, 1.82) is 0 Å². The van der Waals surface area contributed by atoms with Crippen molar-refractivity contribution in [2.24, 2.45) is 10.7 Å². The fourth-order valence-electron chi connectivity index (χ4n) is 3.81. The van der Waals surface area contributed by atoms with E-state index in [2.05, 4.69) is 43.9 Å². The summed E-state index contributed by atoms with van der Waals surface area (Å²) >= 11 is 1.85. The number of thioether (sulfide) groups is 1. The van der Waals surface area contributed by atoms with Crippen molar-refractivity contribution < 1.29 is 5.11 Å². The maximum Gasteiger partial charge on any atom is 0.0852 e. The Hall–Kier alpha value is -1.30. The fourth-order valence-corrected chi connectivity index (χ4v) is 4.87. The Morgan fingerprint density at radius 2 is 2.31 bits per heavy atom. The van der Waals surface area contributed by atoms with Gasteiger partial charge < -0.3 is 16.2 Å². The number of fused-ring (bicyclic) bond motifs is 1. The van der Waals surface area contributed by atoms with Crippen LogP contribution in [0.4, 0.5) is 0 Å². The van der Waals surface area contributed by atoms with E-state index in [0.29, 0.717) is 5.70 Å². The first kappa shape index (κ1) is 19.5.